The van der Waals surface area contributed by atoms with Crippen LogP contribution >= 0.6 is 0 Å². The first-order valence-corrected chi connectivity index (χ1v) is 12.2. The summed E-state index contributed by atoms with van der Waals surface area (Å²) in [4.78, 5) is 12.3. The molecule has 4 nitrogen and oxygen atoms in total. The largest absolute Gasteiger partial charge is 0.494 e. The SMILES string of the molecule is CCCOc1cccc([C@@H](C)NCc2cc(-c3ccc(C)c(C(=O)OC)c3)c3ccccc3c2)c1. The van der Waals surface area contributed by atoms with E-state index in [-0.39, 0.29) is 12.0 Å². The van der Waals surface area contributed by atoms with Crippen molar-refractivity contribution >= 4 is 16.7 Å². The van der Waals surface area contributed by atoms with Gasteiger partial charge in [-0.2, -0.15) is 0 Å². The van der Waals surface area contributed by atoms with Gasteiger partial charge in [-0.25, -0.2) is 4.79 Å². The van der Waals surface area contributed by atoms with Gasteiger partial charge in [0.2, 0.25) is 0 Å². The van der Waals surface area contributed by atoms with Gasteiger partial charge in [0.15, 0.2) is 0 Å². The average Bonchev–Trinajstić information content (AvgIpc) is 2.90. The molecule has 4 aromatic carbocycles. The van der Waals surface area contributed by atoms with E-state index in [0.29, 0.717) is 5.56 Å². The molecule has 0 aliphatic rings. The van der Waals surface area contributed by atoms with Gasteiger partial charge in [0.1, 0.15) is 5.75 Å². The molecule has 0 amide bonds. The number of ether oxygens (including phenoxy) is 2. The highest BCUT2D eigenvalue weighted by Gasteiger charge is 2.14. The van der Waals surface area contributed by atoms with Crippen molar-refractivity contribution in [2.75, 3.05) is 13.7 Å². The van der Waals surface area contributed by atoms with Gasteiger partial charge in [-0.1, -0.05) is 55.5 Å². The Kier molecular flexibility index (Phi) is 7.84. The fraction of sp³-hybridized carbons (Fsp3) is 0.258. The molecule has 0 fully saturated rings. The standard InChI is InChI=1S/C31H33NO3/c1-5-15-35-27-11-8-10-24(18-27)22(3)32-20-23-16-25-9-6-7-12-28(25)30(17-23)26-14-13-21(2)29(19-26)31(33)34-4/h6-14,16-19,22,32H,5,15,20H2,1-4H3/t22-/m1/s1. The van der Waals surface area contributed by atoms with E-state index in [2.05, 4.69) is 73.8 Å². The van der Waals surface area contributed by atoms with Crippen molar-refractivity contribution in [1.82, 2.24) is 5.32 Å². The molecule has 0 saturated heterocycles. The number of carbonyl (C=O) groups excluding carboxylic acids is 1. The van der Waals surface area contributed by atoms with Crippen LogP contribution in [0.4, 0.5) is 0 Å². The lowest BCUT2D eigenvalue weighted by Gasteiger charge is -2.17. The summed E-state index contributed by atoms with van der Waals surface area (Å²) in [6.45, 7) is 7.65. The smallest absolute Gasteiger partial charge is 0.338 e. The molecule has 1 atom stereocenters. The highest BCUT2D eigenvalue weighted by Crippen LogP contribution is 2.32. The summed E-state index contributed by atoms with van der Waals surface area (Å²) in [5.74, 6) is 0.595. The molecular weight excluding hydrogens is 434 g/mol. The number of esters is 1. The quantitative estimate of drug-likeness (QED) is 0.264. The lowest BCUT2D eigenvalue weighted by atomic mass is 9.93. The van der Waals surface area contributed by atoms with E-state index in [0.717, 1.165) is 47.4 Å². The molecule has 4 rings (SSSR count). The van der Waals surface area contributed by atoms with Crippen molar-refractivity contribution < 1.29 is 14.3 Å². The Morgan fingerprint density at radius 2 is 1.80 bits per heavy atom. The second-order valence-corrected chi connectivity index (χ2v) is 8.91. The first-order chi connectivity index (χ1) is 17.0. The minimum atomic E-state index is -0.314. The molecule has 4 aromatic rings. The van der Waals surface area contributed by atoms with E-state index in [1.807, 2.05) is 31.2 Å². The monoisotopic (exact) mass is 467 g/mol. The van der Waals surface area contributed by atoms with Crippen LogP contribution in [0.15, 0.2) is 78.9 Å². The summed E-state index contributed by atoms with van der Waals surface area (Å²) in [6.07, 6.45) is 0.991. The number of hydrogen-bond acceptors (Lipinski definition) is 4. The third-order valence-corrected chi connectivity index (χ3v) is 6.32. The molecule has 0 aliphatic carbocycles. The van der Waals surface area contributed by atoms with Crippen LogP contribution in [0.1, 0.15) is 53.4 Å². The molecule has 180 valence electrons. The zero-order valence-corrected chi connectivity index (χ0v) is 20.9. The van der Waals surface area contributed by atoms with Crippen molar-refractivity contribution in [2.24, 2.45) is 0 Å². The lowest BCUT2D eigenvalue weighted by molar-refractivity contribution is 0.0600. The Bertz CT molecular complexity index is 1330. The van der Waals surface area contributed by atoms with Crippen molar-refractivity contribution in [2.45, 2.75) is 39.8 Å². The van der Waals surface area contributed by atoms with Gasteiger partial charge in [-0.15, -0.1) is 0 Å². The van der Waals surface area contributed by atoms with Crippen molar-refractivity contribution in [3.63, 3.8) is 0 Å². The highest BCUT2D eigenvalue weighted by atomic mass is 16.5. The van der Waals surface area contributed by atoms with Gasteiger partial charge in [0.25, 0.3) is 0 Å². The Balaban J connectivity index is 1.63. The van der Waals surface area contributed by atoms with Gasteiger partial charge in [-0.3, -0.25) is 0 Å². The van der Waals surface area contributed by atoms with Crippen LogP contribution in [-0.2, 0) is 11.3 Å². The van der Waals surface area contributed by atoms with E-state index in [9.17, 15) is 4.79 Å². The number of benzene rings is 4. The Labute approximate surface area is 207 Å². The van der Waals surface area contributed by atoms with Gasteiger partial charge in [0.05, 0.1) is 19.3 Å². The van der Waals surface area contributed by atoms with Crippen molar-refractivity contribution in [3.8, 4) is 16.9 Å². The summed E-state index contributed by atoms with van der Waals surface area (Å²) < 4.78 is 10.8. The molecule has 35 heavy (non-hydrogen) atoms. The Morgan fingerprint density at radius 3 is 2.60 bits per heavy atom. The van der Waals surface area contributed by atoms with Gasteiger partial charge in [0, 0.05) is 12.6 Å². The number of fused-ring (bicyclic) bond motifs is 1. The molecule has 0 radical (unpaired) electrons. The Morgan fingerprint density at radius 1 is 0.971 bits per heavy atom. The highest BCUT2D eigenvalue weighted by molar-refractivity contribution is 5.99. The second-order valence-electron chi connectivity index (χ2n) is 8.91. The topological polar surface area (TPSA) is 47.6 Å². The minimum Gasteiger partial charge on any atom is -0.494 e. The van der Waals surface area contributed by atoms with Crippen LogP contribution < -0.4 is 10.1 Å². The van der Waals surface area contributed by atoms with E-state index in [1.54, 1.807) is 0 Å². The predicted octanol–water partition coefficient (Wildman–Crippen LogP) is 7.24. The van der Waals surface area contributed by atoms with Gasteiger partial charge < -0.3 is 14.8 Å². The maximum atomic E-state index is 12.3. The summed E-state index contributed by atoms with van der Waals surface area (Å²) in [5, 5.41) is 5.99. The van der Waals surface area contributed by atoms with E-state index >= 15 is 0 Å². The fourth-order valence-corrected chi connectivity index (χ4v) is 4.32. The van der Waals surface area contributed by atoms with Crippen LogP contribution in [0.3, 0.4) is 0 Å². The molecule has 0 unspecified atom stereocenters. The molecule has 0 spiro atoms. The van der Waals surface area contributed by atoms with Gasteiger partial charge in [-0.05, 0) is 89.2 Å². The summed E-state index contributed by atoms with van der Waals surface area (Å²) >= 11 is 0. The Hall–Kier alpha value is -3.63. The number of rotatable bonds is 9. The van der Waals surface area contributed by atoms with Crippen LogP contribution in [0, 0.1) is 6.92 Å². The first kappa shape index (κ1) is 24.5. The number of carbonyl (C=O) groups is 1. The molecule has 0 aliphatic heterocycles. The van der Waals surface area contributed by atoms with Crippen molar-refractivity contribution in [3.05, 3.63) is 101 Å². The lowest BCUT2D eigenvalue weighted by Crippen LogP contribution is -2.18. The molecule has 4 heteroatoms. The van der Waals surface area contributed by atoms with Crippen LogP contribution in [0.2, 0.25) is 0 Å². The van der Waals surface area contributed by atoms with E-state index in [1.165, 1.54) is 23.6 Å². The number of hydrogen-bond donors (Lipinski definition) is 1. The van der Waals surface area contributed by atoms with Crippen LogP contribution in [0.25, 0.3) is 21.9 Å². The molecule has 0 saturated carbocycles. The number of aryl methyl sites for hydroxylation is 1. The molecule has 0 heterocycles. The van der Waals surface area contributed by atoms with Gasteiger partial charge >= 0.3 is 5.97 Å². The maximum absolute atomic E-state index is 12.3. The first-order valence-electron chi connectivity index (χ1n) is 12.2. The summed E-state index contributed by atoms with van der Waals surface area (Å²) in [7, 11) is 1.42. The predicted molar refractivity (Wildman–Crippen MR) is 143 cm³/mol. The van der Waals surface area contributed by atoms with Crippen molar-refractivity contribution in [1.29, 1.82) is 0 Å². The molecule has 0 aromatic heterocycles. The third-order valence-electron chi connectivity index (χ3n) is 6.32. The van der Waals surface area contributed by atoms with Crippen LogP contribution in [-0.4, -0.2) is 19.7 Å². The number of nitrogens with one attached hydrogen (secondary N) is 1. The normalized spacial score (nSPS) is 11.9. The minimum absolute atomic E-state index is 0.167. The van der Waals surface area contributed by atoms with E-state index < -0.39 is 0 Å². The maximum Gasteiger partial charge on any atom is 0.338 e. The van der Waals surface area contributed by atoms with E-state index in [4.69, 9.17) is 9.47 Å². The van der Waals surface area contributed by atoms with Crippen LogP contribution in [0.5, 0.6) is 5.75 Å². The zero-order chi connectivity index (χ0) is 24.8. The molecule has 1 N–H and O–H groups in total. The average molecular weight is 468 g/mol. The fourth-order valence-electron chi connectivity index (χ4n) is 4.32. The third kappa shape index (κ3) is 5.72. The molecule has 0 bridgehead atoms. The second kappa shape index (κ2) is 11.2. The number of methoxy groups -OCH3 is 1. The summed E-state index contributed by atoms with van der Waals surface area (Å²) in [5.41, 5.74) is 5.98. The molecular formula is C31H33NO3. The summed E-state index contributed by atoms with van der Waals surface area (Å²) in [6, 6.07) is 27.3. The zero-order valence-electron chi connectivity index (χ0n) is 20.9.